The lowest BCUT2D eigenvalue weighted by Gasteiger charge is -2.21. The molecule has 0 radical (unpaired) electrons. The van der Waals surface area contributed by atoms with Crippen molar-refractivity contribution in [1.29, 1.82) is 0 Å². The standard InChI is InChI=1S/C27H27N3O4/c1-18(2)34-23-11-7-8-20(14-23)16-29(17-26(31)32)27(33)21-12-13-25-24(15-21)28-19(3)30(25)22-9-5-4-6-10-22/h4-15,18H,16-17H2,1-3H3,(H,31,32). The topological polar surface area (TPSA) is 84.7 Å². The molecule has 1 aromatic heterocycles. The second-order valence-corrected chi connectivity index (χ2v) is 8.40. The van der Waals surface area contributed by atoms with Gasteiger partial charge in [0.2, 0.25) is 0 Å². The number of aliphatic carboxylic acids is 1. The van der Waals surface area contributed by atoms with Gasteiger partial charge in [-0.1, -0.05) is 30.3 Å². The minimum absolute atomic E-state index is 0.0119. The molecular formula is C27H27N3O4. The number of hydrogen-bond acceptors (Lipinski definition) is 4. The van der Waals surface area contributed by atoms with Gasteiger partial charge in [0.25, 0.3) is 5.91 Å². The largest absolute Gasteiger partial charge is 0.491 e. The number of fused-ring (bicyclic) bond motifs is 1. The number of carboxylic acids is 1. The Hall–Kier alpha value is -4.13. The van der Waals surface area contributed by atoms with Crippen molar-refractivity contribution in [3.8, 4) is 11.4 Å². The van der Waals surface area contributed by atoms with Crippen LogP contribution in [0.25, 0.3) is 16.7 Å². The third-order valence-corrected chi connectivity index (χ3v) is 5.34. The predicted octanol–water partition coefficient (Wildman–Crippen LogP) is 4.85. The van der Waals surface area contributed by atoms with Crippen molar-refractivity contribution in [2.45, 2.75) is 33.4 Å². The van der Waals surface area contributed by atoms with E-state index in [-0.39, 0.29) is 18.6 Å². The Morgan fingerprint density at radius 1 is 1.03 bits per heavy atom. The molecule has 3 aromatic carbocycles. The van der Waals surface area contributed by atoms with Gasteiger partial charge in [0.05, 0.1) is 17.1 Å². The van der Waals surface area contributed by atoms with Gasteiger partial charge in [0.15, 0.2) is 0 Å². The number of aromatic nitrogens is 2. The average molecular weight is 458 g/mol. The fraction of sp³-hybridized carbons (Fsp3) is 0.222. The molecule has 0 fully saturated rings. The van der Waals surface area contributed by atoms with Crippen molar-refractivity contribution >= 4 is 22.9 Å². The fourth-order valence-corrected chi connectivity index (χ4v) is 3.99. The molecule has 0 atom stereocenters. The van der Waals surface area contributed by atoms with E-state index in [4.69, 9.17) is 4.74 Å². The van der Waals surface area contributed by atoms with E-state index >= 15 is 0 Å². The van der Waals surface area contributed by atoms with Crippen molar-refractivity contribution in [3.63, 3.8) is 0 Å². The van der Waals surface area contributed by atoms with Gasteiger partial charge < -0.3 is 14.7 Å². The summed E-state index contributed by atoms with van der Waals surface area (Å²) in [5, 5.41) is 9.43. The van der Waals surface area contributed by atoms with Crippen LogP contribution in [0.2, 0.25) is 0 Å². The van der Waals surface area contributed by atoms with Gasteiger partial charge in [-0.3, -0.25) is 14.2 Å². The van der Waals surface area contributed by atoms with E-state index in [0.29, 0.717) is 16.8 Å². The molecule has 7 heteroatoms. The van der Waals surface area contributed by atoms with Gasteiger partial charge in [-0.15, -0.1) is 0 Å². The van der Waals surface area contributed by atoms with E-state index < -0.39 is 12.5 Å². The van der Waals surface area contributed by atoms with Crippen molar-refractivity contribution in [3.05, 3.63) is 89.7 Å². The van der Waals surface area contributed by atoms with Gasteiger partial charge in [-0.25, -0.2) is 4.98 Å². The smallest absolute Gasteiger partial charge is 0.323 e. The molecule has 1 N–H and O–H groups in total. The van der Waals surface area contributed by atoms with E-state index in [9.17, 15) is 14.7 Å². The molecule has 0 aliphatic rings. The van der Waals surface area contributed by atoms with Gasteiger partial charge in [0, 0.05) is 17.8 Å². The van der Waals surface area contributed by atoms with Crippen molar-refractivity contribution in [1.82, 2.24) is 14.5 Å². The van der Waals surface area contributed by atoms with Crippen LogP contribution in [0.5, 0.6) is 5.75 Å². The highest BCUT2D eigenvalue weighted by atomic mass is 16.5. The van der Waals surface area contributed by atoms with Gasteiger partial charge in [0.1, 0.15) is 18.1 Å². The number of nitrogens with zero attached hydrogens (tertiary/aromatic N) is 3. The Balaban J connectivity index is 1.64. The molecule has 174 valence electrons. The lowest BCUT2D eigenvalue weighted by Crippen LogP contribution is -2.35. The van der Waals surface area contributed by atoms with Crippen LogP contribution < -0.4 is 4.74 Å². The summed E-state index contributed by atoms with van der Waals surface area (Å²) in [5.74, 6) is 0.0355. The monoisotopic (exact) mass is 457 g/mol. The SMILES string of the molecule is Cc1nc2cc(C(=O)N(CC(=O)O)Cc3cccc(OC(C)C)c3)ccc2n1-c1ccccc1. The number of carbonyl (C=O) groups is 2. The number of carboxylic acid groups (broad SMARTS) is 1. The molecule has 0 saturated carbocycles. The van der Waals surface area contributed by atoms with E-state index in [1.165, 1.54) is 4.90 Å². The highest BCUT2D eigenvalue weighted by molar-refractivity contribution is 5.98. The number of hydrogen-bond donors (Lipinski definition) is 1. The molecule has 0 saturated heterocycles. The first kappa shape index (κ1) is 23.0. The number of benzene rings is 3. The van der Waals surface area contributed by atoms with Crippen LogP contribution in [0.1, 0.15) is 35.6 Å². The number of ether oxygens (including phenoxy) is 1. The quantitative estimate of drug-likeness (QED) is 0.409. The van der Waals surface area contributed by atoms with Crippen LogP contribution in [0.4, 0.5) is 0 Å². The Morgan fingerprint density at radius 3 is 2.50 bits per heavy atom. The first-order valence-corrected chi connectivity index (χ1v) is 11.1. The van der Waals surface area contributed by atoms with Crippen molar-refractivity contribution < 1.29 is 19.4 Å². The van der Waals surface area contributed by atoms with E-state index in [1.807, 2.05) is 86.0 Å². The zero-order chi connectivity index (χ0) is 24.2. The molecule has 0 aliphatic carbocycles. The Morgan fingerprint density at radius 2 is 1.79 bits per heavy atom. The van der Waals surface area contributed by atoms with Gasteiger partial charge in [-0.2, -0.15) is 0 Å². The van der Waals surface area contributed by atoms with Crippen LogP contribution in [-0.4, -0.2) is 44.1 Å². The number of aryl methyl sites for hydroxylation is 1. The van der Waals surface area contributed by atoms with Gasteiger partial charge in [-0.05, 0) is 68.8 Å². The summed E-state index contributed by atoms with van der Waals surface area (Å²) in [4.78, 5) is 30.8. The summed E-state index contributed by atoms with van der Waals surface area (Å²) in [7, 11) is 0. The molecule has 34 heavy (non-hydrogen) atoms. The summed E-state index contributed by atoms with van der Waals surface area (Å²) in [6.07, 6.45) is 0.0119. The number of rotatable bonds is 8. The lowest BCUT2D eigenvalue weighted by molar-refractivity contribution is -0.137. The van der Waals surface area contributed by atoms with Crippen molar-refractivity contribution in [2.75, 3.05) is 6.54 Å². The fourth-order valence-electron chi connectivity index (χ4n) is 3.99. The van der Waals surface area contributed by atoms with Crippen LogP contribution in [-0.2, 0) is 11.3 Å². The zero-order valence-electron chi connectivity index (χ0n) is 19.4. The minimum atomic E-state index is -1.08. The Kier molecular flexibility index (Phi) is 6.63. The Bertz CT molecular complexity index is 1330. The molecule has 0 spiro atoms. The summed E-state index contributed by atoms with van der Waals surface area (Å²) < 4.78 is 7.76. The molecule has 0 aliphatic heterocycles. The number of amides is 1. The number of para-hydroxylation sites is 1. The highest BCUT2D eigenvalue weighted by Gasteiger charge is 2.21. The van der Waals surface area contributed by atoms with Crippen LogP contribution in [0.15, 0.2) is 72.8 Å². The number of carbonyl (C=O) groups excluding carboxylic acids is 1. The third kappa shape index (κ3) is 5.09. The van der Waals surface area contributed by atoms with Crippen molar-refractivity contribution in [2.24, 2.45) is 0 Å². The molecule has 0 unspecified atom stereocenters. The zero-order valence-corrected chi connectivity index (χ0v) is 19.4. The first-order chi connectivity index (χ1) is 16.3. The molecular weight excluding hydrogens is 430 g/mol. The summed E-state index contributed by atoms with van der Waals surface area (Å²) in [5.41, 5.74) is 3.72. The average Bonchev–Trinajstić information content (AvgIpc) is 3.13. The highest BCUT2D eigenvalue weighted by Crippen LogP contribution is 2.24. The summed E-state index contributed by atoms with van der Waals surface area (Å²) >= 11 is 0. The molecule has 1 heterocycles. The maximum atomic E-state index is 13.3. The molecule has 1 amide bonds. The van der Waals surface area contributed by atoms with Gasteiger partial charge >= 0.3 is 5.97 Å². The van der Waals surface area contributed by atoms with E-state index in [1.54, 1.807) is 12.1 Å². The maximum Gasteiger partial charge on any atom is 0.323 e. The molecule has 0 bridgehead atoms. The first-order valence-electron chi connectivity index (χ1n) is 11.1. The van der Waals surface area contributed by atoms with Crippen LogP contribution in [0.3, 0.4) is 0 Å². The molecule has 4 aromatic rings. The van der Waals surface area contributed by atoms with Crippen LogP contribution >= 0.6 is 0 Å². The molecule has 4 rings (SSSR count). The normalized spacial score (nSPS) is 11.1. The molecule has 7 nitrogen and oxygen atoms in total. The summed E-state index contributed by atoms with van der Waals surface area (Å²) in [6, 6.07) is 22.5. The van der Waals surface area contributed by atoms with E-state index in [2.05, 4.69) is 4.98 Å². The maximum absolute atomic E-state index is 13.3. The Labute approximate surface area is 198 Å². The minimum Gasteiger partial charge on any atom is -0.491 e. The number of imidazole rings is 1. The van der Waals surface area contributed by atoms with Crippen LogP contribution in [0, 0.1) is 6.92 Å². The third-order valence-electron chi connectivity index (χ3n) is 5.34. The summed E-state index contributed by atoms with van der Waals surface area (Å²) in [6.45, 7) is 5.52. The lowest BCUT2D eigenvalue weighted by atomic mass is 10.1. The van der Waals surface area contributed by atoms with E-state index in [0.717, 1.165) is 22.6 Å². The second-order valence-electron chi connectivity index (χ2n) is 8.40. The predicted molar refractivity (Wildman–Crippen MR) is 130 cm³/mol. The second kappa shape index (κ2) is 9.79.